The van der Waals surface area contributed by atoms with Crippen LogP contribution in [0, 0.1) is 5.92 Å². The summed E-state index contributed by atoms with van der Waals surface area (Å²) in [6.07, 6.45) is 3.75. The molecule has 8 heteroatoms. The Balaban J connectivity index is 1.56. The number of nitrogens with zero attached hydrogens (tertiary/aromatic N) is 6. The lowest BCUT2D eigenvalue weighted by Crippen LogP contribution is -2.56. The minimum absolute atomic E-state index is 0.0692. The van der Waals surface area contributed by atoms with E-state index in [4.69, 9.17) is 4.98 Å². The number of fused-ring (bicyclic) bond motifs is 2. The van der Waals surface area contributed by atoms with Gasteiger partial charge in [-0.3, -0.25) is 4.79 Å². The van der Waals surface area contributed by atoms with E-state index in [0.717, 1.165) is 70.1 Å². The summed E-state index contributed by atoms with van der Waals surface area (Å²) in [5, 5.41) is 7.67. The standard InChI is InChI=1S/C20H31N7O/c1-4-25(12-9-21-2)20(28)15-13-26(14-15)19-16-6-10-24(3)11-7-17(16)23-18-5-8-22-27(18)19/h5,8,15,21H,4,6-7,9-14H2,1-3H3. The van der Waals surface area contributed by atoms with Gasteiger partial charge in [0.15, 0.2) is 5.65 Å². The Hall–Kier alpha value is -2.19. The van der Waals surface area contributed by atoms with Crippen molar-refractivity contribution in [3.05, 3.63) is 23.5 Å². The molecule has 0 unspecified atom stereocenters. The fourth-order valence-electron chi connectivity index (χ4n) is 4.24. The average molecular weight is 386 g/mol. The number of likely N-dealkylation sites (N-methyl/N-ethyl adjacent to an activating group) is 3. The third-order valence-corrected chi connectivity index (χ3v) is 6.02. The van der Waals surface area contributed by atoms with Gasteiger partial charge in [-0.05, 0) is 27.4 Å². The summed E-state index contributed by atoms with van der Waals surface area (Å²) in [5.74, 6) is 1.48. The first-order valence-corrected chi connectivity index (χ1v) is 10.3. The summed E-state index contributed by atoms with van der Waals surface area (Å²) < 4.78 is 1.96. The van der Waals surface area contributed by atoms with Gasteiger partial charge in [-0.1, -0.05) is 0 Å². The zero-order valence-corrected chi connectivity index (χ0v) is 17.2. The van der Waals surface area contributed by atoms with Crippen LogP contribution in [0.4, 0.5) is 5.82 Å². The van der Waals surface area contributed by atoms with Crippen LogP contribution in [-0.2, 0) is 17.6 Å². The molecule has 0 saturated carbocycles. The number of hydrogen-bond acceptors (Lipinski definition) is 6. The second kappa shape index (κ2) is 8.05. The molecule has 2 aromatic heterocycles. The predicted octanol–water partition coefficient (Wildman–Crippen LogP) is 0.264. The van der Waals surface area contributed by atoms with Crippen LogP contribution in [0.25, 0.3) is 5.65 Å². The van der Waals surface area contributed by atoms with Crippen LogP contribution in [0.1, 0.15) is 18.2 Å². The Morgan fingerprint density at radius 3 is 2.86 bits per heavy atom. The highest BCUT2D eigenvalue weighted by molar-refractivity contribution is 5.82. The van der Waals surface area contributed by atoms with Crippen LogP contribution >= 0.6 is 0 Å². The number of rotatable bonds is 6. The highest BCUT2D eigenvalue weighted by Gasteiger charge is 2.38. The quantitative estimate of drug-likeness (QED) is 0.770. The van der Waals surface area contributed by atoms with Gasteiger partial charge in [-0.25, -0.2) is 4.98 Å². The molecule has 0 spiro atoms. The summed E-state index contributed by atoms with van der Waals surface area (Å²) in [6, 6.07) is 1.97. The molecule has 0 radical (unpaired) electrons. The van der Waals surface area contributed by atoms with Crippen molar-refractivity contribution >= 4 is 17.4 Å². The van der Waals surface area contributed by atoms with Gasteiger partial charge in [0, 0.05) is 63.9 Å². The van der Waals surface area contributed by atoms with Crippen molar-refractivity contribution in [2.24, 2.45) is 5.92 Å². The molecule has 0 aliphatic carbocycles. The molecule has 28 heavy (non-hydrogen) atoms. The molecular weight excluding hydrogens is 354 g/mol. The largest absolute Gasteiger partial charge is 0.354 e. The molecule has 8 nitrogen and oxygen atoms in total. The van der Waals surface area contributed by atoms with E-state index in [1.807, 2.05) is 28.7 Å². The number of hydrogen-bond donors (Lipinski definition) is 1. The van der Waals surface area contributed by atoms with Gasteiger partial charge in [-0.2, -0.15) is 9.61 Å². The van der Waals surface area contributed by atoms with Crippen LogP contribution in [0.2, 0.25) is 0 Å². The monoisotopic (exact) mass is 385 g/mol. The summed E-state index contributed by atoms with van der Waals surface area (Å²) >= 11 is 0. The molecule has 2 aliphatic rings. The number of nitrogens with one attached hydrogen (secondary N) is 1. The summed E-state index contributed by atoms with van der Waals surface area (Å²) in [7, 11) is 4.09. The molecule has 2 aliphatic heterocycles. The van der Waals surface area contributed by atoms with E-state index in [-0.39, 0.29) is 11.8 Å². The van der Waals surface area contributed by atoms with Gasteiger partial charge in [0.25, 0.3) is 0 Å². The number of amides is 1. The van der Waals surface area contributed by atoms with E-state index in [1.54, 1.807) is 0 Å². The molecule has 1 amide bonds. The average Bonchev–Trinajstić information content (AvgIpc) is 3.04. The van der Waals surface area contributed by atoms with Gasteiger partial charge < -0.3 is 20.0 Å². The van der Waals surface area contributed by atoms with E-state index < -0.39 is 0 Å². The Morgan fingerprint density at radius 2 is 2.11 bits per heavy atom. The molecule has 0 aromatic carbocycles. The van der Waals surface area contributed by atoms with E-state index in [9.17, 15) is 4.79 Å². The first-order chi connectivity index (χ1) is 13.6. The third kappa shape index (κ3) is 3.46. The maximum atomic E-state index is 12.9. The van der Waals surface area contributed by atoms with Crippen molar-refractivity contribution in [2.75, 3.05) is 64.8 Å². The van der Waals surface area contributed by atoms with E-state index >= 15 is 0 Å². The van der Waals surface area contributed by atoms with Gasteiger partial charge in [0.1, 0.15) is 5.82 Å². The zero-order chi connectivity index (χ0) is 19.7. The first kappa shape index (κ1) is 19.1. The van der Waals surface area contributed by atoms with Crippen molar-refractivity contribution in [3.8, 4) is 0 Å². The lowest BCUT2D eigenvalue weighted by Gasteiger charge is -2.42. The fourth-order valence-corrected chi connectivity index (χ4v) is 4.24. The Bertz CT molecular complexity index is 842. The topological polar surface area (TPSA) is 69.0 Å². The lowest BCUT2D eigenvalue weighted by molar-refractivity contribution is -0.136. The Kier molecular flexibility index (Phi) is 5.50. The highest BCUT2D eigenvalue weighted by Crippen LogP contribution is 2.32. The number of aromatic nitrogens is 3. The third-order valence-electron chi connectivity index (χ3n) is 6.02. The van der Waals surface area contributed by atoms with Crippen LogP contribution in [0.15, 0.2) is 12.3 Å². The molecule has 2 aromatic rings. The molecule has 4 rings (SSSR count). The van der Waals surface area contributed by atoms with Crippen LogP contribution < -0.4 is 10.2 Å². The van der Waals surface area contributed by atoms with E-state index in [1.165, 1.54) is 11.3 Å². The van der Waals surface area contributed by atoms with Gasteiger partial charge in [0.05, 0.1) is 17.8 Å². The summed E-state index contributed by atoms with van der Waals surface area (Å²) in [6.45, 7) is 7.98. The van der Waals surface area contributed by atoms with Crippen molar-refractivity contribution < 1.29 is 4.79 Å². The number of carbonyl (C=O) groups is 1. The van der Waals surface area contributed by atoms with Crippen molar-refractivity contribution in [1.29, 1.82) is 0 Å². The van der Waals surface area contributed by atoms with E-state index in [0.29, 0.717) is 0 Å². The highest BCUT2D eigenvalue weighted by atomic mass is 16.2. The van der Waals surface area contributed by atoms with Crippen LogP contribution in [0.3, 0.4) is 0 Å². The van der Waals surface area contributed by atoms with Gasteiger partial charge >= 0.3 is 0 Å². The second-order valence-corrected chi connectivity index (χ2v) is 7.89. The second-order valence-electron chi connectivity index (χ2n) is 7.89. The van der Waals surface area contributed by atoms with Gasteiger partial charge in [-0.15, -0.1) is 0 Å². The SMILES string of the molecule is CCN(CCNC)C(=O)C1CN(c2c3c(nc4ccnn24)CCN(C)CC3)C1. The zero-order valence-electron chi connectivity index (χ0n) is 17.2. The maximum absolute atomic E-state index is 12.9. The Morgan fingerprint density at radius 1 is 1.32 bits per heavy atom. The summed E-state index contributed by atoms with van der Waals surface area (Å²) in [5.41, 5.74) is 3.39. The van der Waals surface area contributed by atoms with Crippen molar-refractivity contribution in [2.45, 2.75) is 19.8 Å². The van der Waals surface area contributed by atoms with Crippen molar-refractivity contribution in [1.82, 2.24) is 29.7 Å². The predicted molar refractivity (Wildman–Crippen MR) is 110 cm³/mol. The minimum atomic E-state index is 0.0692. The first-order valence-electron chi connectivity index (χ1n) is 10.3. The minimum Gasteiger partial charge on any atom is -0.354 e. The number of carbonyl (C=O) groups excluding carboxylic acids is 1. The summed E-state index contributed by atoms with van der Waals surface area (Å²) in [4.78, 5) is 24.4. The fraction of sp³-hybridized carbons (Fsp3) is 0.650. The molecule has 1 N–H and O–H groups in total. The molecule has 152 valence electrons. The maximum Gasteiger partial charge on any atom is 0.229 e. The molecule has 1 saturated heterocycles. The Labute approximate surface area is 166 Å². The smallest absolute Gasteiger partial charge is 0.229 e. The van der Waals surface area contributed by atoms with Crippen LogP contribution in [-0.4, -0.2) is 90.2 Å². The molecule has 0 bridgehead atoms. The normalized spacial score (nSPS) is 18.0. The molecular formula is C20H31N7O. The van der Waals surface area contributed by atoms with Crippen molar-refractivity contribution in [3.63, 3.8) is 0 Å². The molecule has 4 heterocycles. The lowest BCUT2D eigenvalue weighted by atomic mass is 9.96. The van der Waals surface area contributed by atoms with Crippen LogP contribution in [0.5, 0.6) is 0 Å². The molecule has 1 fully saturated rings. The number of anilines is 1. The molecule has 0 atom stereocenters. The van der Waals surface area contributed by atoms with Gasteiger partial charge in [0.2, 0.25) is 5.91 Å². The van der Waals surface area contributed by atoms with E-state index in [2.05, 4.69) is 34.2 Å².